The predicted octanol–water partition coefficient (Wildman–Crippen LogP) is 4.04. The van der Waals surface area contributed by atoms with Crippen LogP contribution in [0.4, 0.5) is 0 Å². The lowest BCUT2D eigenvalue weighted by Gasteiger charge is -2.32. The number of hydrogen-bond donors (Lipinski definition) is 0. The summed E-state index contributed by atoms with van der Waals surface area (Å²) in [4.78, 5) is 23.6. The normalized spacial score (nSPS) is 14.9. The first-order chi connectivity index (χ1) is 13.6. The van der Waals surface area contributed by atoms with Crippen molar-refractivity contribution in [2.75, 3.05) is 13.1 Å². The van der Waals surface area contributed by atoms with Gasteiger partial charge in [-0.1, -0.05) is 6.07 Å². The first kappa shape index (κ1) is 18.2. The minimum Gasteiger partial charge on any atom is -0.474 e. The van der Waals surface area contributed by atoms with E-state index in [0.29, 0.717) is 36.0 Å². The van der Waals surface area contributed by atoms with Gasteiger partial charge in [0.1, 0.15) is 11.8 Å². The molecule has 1 aliphatic heterocycles. The van der Waals surface area contributed by atoms with Gasteiger partial charge in [-0.25, -0.2) is 9.97 Å². The number of piperidine rings is 1. The van der Waals surface area contributed by atoms with Crippen LogP contribution in [0.2, 0.25) is 0 Å². The Hall–Kier alpha value is -3.15. The van der Waals surface area contributed by atoms with Crippen LogP contribution in [0.1, 0.15) is 34.5 Å². The highest BCUT2D eigenvalue weighted by atomic mass is 16.5. The molecule has 0 bridgehead atoms. The smallest absolute Gasteiger partial charge is 0.255 e. The van der Waals surface area contributed by atoms with Crippen LogP contribution in [0.3, 0.4) is 0 Å². The van der Waals surface area contributed by atoms with E-state index in [0.717, 1.165) is 24.1 Å². The van der Waals surface area contributed by atoms with Crippen molar-refractivity contribution in [3.05, 3.63) is 65.7 Å². The van der Waals surface area contributed by atoms with Crippen molar-refractivity contribution in [3.63, 3.8) is 0 Å². The molecule has 1 amide bonds. The van der Waals surface area contributed by atoms with E-state index >= 15 is 0 Å². The van der Waals surface area contributed by atoms with Crippen molar-refractivity contribution >= 4 is 5.91 Å². The summed E-state index contributed by atoms with van der Waals surface area (Å²) in [7, 11) is 0. The van der Waals surface area contributed by atoms with Crippen molar-refractivity contribution in [3.8, 4) is 17.3 Å². The number of carbonyl (C=O) groups excluding carboxylic acids is 1. The number of aromatic nitrogens is 2. The Labute approximate surface area is 164 Å². The standard InChI is InChI=1S/C22H23N3O3/c1-15-5-8-21(23-14-15)28-17-9-11-25(12-10-17)22(26)18-6-7-19(24-16(18)2)20-4-3-13-27-20/h3-8,13-14,17H,9-12H2,1-2H3. The van der Waals surface area contributed by atoms with Crippen molar-refractivity contribution in [1.82, 2.24) is 14.9 Å². The van der Waals surface area contributed by atoms with E-state index in [-0.39, 0.29) is 12.0 Å². The molecular weight excluding hydrogens is 354 g/mol. The van der Waals surface area contributed by atoms with Crippen LogP contribution in [0, 0.1) is 13.8 Å². The van der Waals surface area contributed by atoms with Gasteiger partial charge in [-0.15, -0.1) is 0 Å². The van der Waals surface area contributed by atoms with E-state index in [1.54, 1.807) is 12.5 Å². The predicted molar refractivity (Wildman–Crippen MR) is 105 cm³/mol. The van der Waals surface area contributed by atoms with Crippen LogP contribution in [0.25, 0.3) is 11.5 Å². The van der Waals surface area contributed by atoms with Crippen LogP contribution < -0.4 is 4.74 Å². The second-order valence-electron chi connectivity index (χ2n) is 7.09. The monoisotopic (exact) mass is 377 g/mol. The molecule has 4 rings (SSSR count). The Morgan fingerprint density at radius 1 is 1.14 bits per heavy atom. The Kier molecular flexibility index (Phi) is 5.10. The van der Waals surface area contributed by atoms with Gasteiger partial charge in [0, 0.05) is 38.2 Å². The quantitative estimate of drug-likeness (QED) is 0.686. The van der Waals surface area contributed by atoms with Crippen molar-refractivity contribution in [2.24, 2.45) is 0 Å². The average molecular weight is 377 g/mol. The summed E-state index contributed by atoms with van der Waals surface area (Å²) in [6.45, 7) is 5.18. The molecule has 28 heavy (non-hydrogen) atoms. The van der Waals surface area contributed by atoms with Crippen molar-refractivity contribution < 1.29 is 13.9 Å². The Morgan fingerprint density at radius 2 is 1.96 bits per heavy atom. The molecule has 3 aromatic rings. The molecule has 0 radical (unpaired) electrons. The summed E-state index contributed by atoms with van der Waals surface area (Å²) in [6, 6.07) is 11.2. The number of amides is 1. The molecule has 3 aromatic heterocycles. The largest absolute Gasteiger partial charge is 0.474 e. The lowest BCUT2D eigenvalue weighted by Crippen LogP contribution is -2.42. The highest BCUT2D eigenvalue weighted by Gasteiger charge is 2.26. The zero-order chi connectivity index (χ0) is 19.5. The van der Waals surface area contributed by atoms with Crippen LogP contribution in [-0.4, -0.2) is 40.0 Å². The fourth-order valence-corrected chi connectivity index (χ4v) is 3.39. The number of ether oxygens (including phenoxy) is 1. The van der Waals surface area contributed by atoms with E-state index in [1.165, 1.54) is 0 Å². The maximum absolute atomic E-state index is 12.9. The number of pyridine rings is 2. The molecule has 1 aliphatic rings. The molecule has 0 N–H and O–H groups in total. The van der Waals surface area contributed by atoms with Gasteiger partial charge in [-0.3, -0.25) is 4.79 Å². The zero-order valence-electron chi connectivity index (χ0n) is 16.1. The van der Waals surface area contributed by atoms with Crippen LogP contribution >= 0.6 is 0 Å². The average Bonchev–Trinajstić information content (AvgIpc) is 3.25. The van der Waals surface area contributed by atoms with Crippen LogP contribution in [-0.2, 0) is 0 Å². The first-order valence-corrected chi connectivity index (χ1v) is 9.50. The highest BCUT2D eigenvalue weighted by Crippen LogP contribution is 2.22. The molecule has 0 saturated carbocycles. The van der Waals surface area contributed by atoms with E-state index < -0.39 is 0 Å². The summed E-state index contributed by atoms with van der Waals surface area (Å²) in [5, 5.41) is 0. The summed E-state index contributed by atoms with van der Waals surface area (Å²) in [5.74, 6) is 1.36. The Morgan fingerprint density at radius 3 is 2.61 bits per heavy atom. The third-order valence-electron chi connectivity index (χ3n) is 4.99. The van der Waals surface area contributed by atoms with E-state index in [9.17, 15) is 4.79 Å². The van der Waals surface area contributed by atoms with Gasteiger partial charge < -0.3 is 14.1 Å². The third-order valence-corrected chi connectivity index (χ3v) is 4.99. The fraction of sp³-hybridized carbons (Fsp3) is 0.318. The molecule has 0 spiro atoms. The SMILES string of the molecule is Cc1ccc(OC2CCN(C(=O)c3ccc(-c4ccco4)nc3C)CC2)nc1. The van der Waals surface area contributed by atoms with E-state index in [1.807, 2.05) is 55.1 Å². The molecule has 6 heteroatoms. The number of nitrogens with zero attached hydrogens (tertiary/aromatic N) is 3. The molecule has 0 unspecified atom stereocenters. The first-order valence-electron chi connectivity index (χ1n) is 9.50. The molecule has 0 aromatic carbocycles. The van der Waals surface area contributed by atoms with Gasteiger partial charge in [0.2, 0.25) is 5.88 Å². The maximum Gasteiger partial charge on any atom is 0.255 e. The molecule has 144 valence electrons. The molecule has 6 nitrogen and oxygen atoms in total. The number of aryl methyl sites for hydroxylation is 2. The van der Waals surface area contributed by atoms with Gasteiger partial charge >= 0.3 is 0 Å². The molecule has 0 aliphatic carbocycles. The van der Waals surface area contributed by atoms with Crippen molar-refractivity contribution in [1.29, 1.82) is 0 Å². The lowest BCUT2D eigenvalue weighted by atomic mass is 10.1. The molecular formula is C22H23N3O3. The molecule has 1 saturated heterocycles. The van der Waals surface area contributed by atoms with Crippen molar-refractivity contribution in [2.45, 2.75) is 32.8 Å². The number of hydrogen-bond acceptors (Lipinski definition) is 5. The Bertz CT molecular complexity index is 944. The van der Waals surface area contributed by atoms with Gasteiger partial charge in [-0.2, -0.15) is 0 Å². The minimum atomic E-state index is 0.0166. The zero-order valence-corrected chi connectivity index (χ0v) is 16.1. The molecule has 4 heterocycles. The van der Waals surface area contributed by atoms with Crippen LogP contribution in [0.5, 0.6) is 5.88 Å². The minimum absolute atomic E-state index is 0.0166. The summed E-state index contributed by atoms with van der Waals surface area (Å²) in [5.41, 5.74) is 3.18. The Balaban J connectivity index is 1.38. The summed E-state index contributed by atoms with van der Waals surface area (Å²) in [6.07, 6.45) is 5.08. The third kappa shape index (κ3) is 3.91. The lowest BCUT2D eigenvalue weighted by molar-refractivity contribution is 0.0587. The van der Waals surface area contributed by atoms with Gasteiger partial charge in [0.05, 0.1) is 17.5 Å². The van der Waals surface area contributed by atoms with Crippen LogP contribution in [0.15, 0.2) is 53.3 Å². The van der Waals surface area contributed by atoms with E-state index in [2.05, 4.69) is 9.97 Å². The fourth-order valence-electron chi connectivity index (χ4n) is 3.39. The number of carbonyl (C=O) groups is 1. The number of rotatable bonds is 4. The van der Waals surface area contributed by atoms with E-state index in [4.69, 9.17) is 9.15 Å². The maximum atomic E-state index is 12.9. The molecule has 0 atom stereocenters. The number of likely N-dealkylation sites (tertiary alicyclic amines) is 1. The summed E-state index contributed by atoms with van der Waals surface area (Å²) < 4.78 is 11.3. The second kappa shape index (κ2) is 7.84. The van der Waals surface area contributed by atoms with Gasteiger partial charge in [-0.05, 0) is 43.7 Å². The summed E-state index contributed by atoms with van der Waals surface area (Å²) >= 11 is 0. The topological polar surface area (TPSA) is 68.5 Å². The number of furan rings is 1. The second-order valence-corrected chi connectivity index (χ2v) is 7.09. The van der Waals surface area contributed by atoms with Gasteiger partial charge in [0.15, 0.2) is 5.76 Å². The molecule has 1 fully saturated rings. The highest BCUT2D eigenvalue weighted by molar-refractivity contribution is 5.95. The van der Waals surface area contributed by atoms with Gasteiger partial charge in [0.25, 0.3) is 5.91 Å².